The SMILES string of the molecule is Cc1nc(CC(=O)N(C)C(C(=O)O)c2cccs2)cs1. The third-order valence-electron chi connectivity index (χ3n) is 2.83. The predicted octanol–water partition coefficient (Wildman–Crippen LogP) is 2.34. The van der Waals surface area contributed by atoms with E-state index < -0.39 is 12.0 Å². The number of carboxylic acids is 1. The van der Waals surface area contributed by atoms with Crippen molar-refractivity contribution < 1.29 is 14.7 Å². The lowest BCUT2D eigenvalue weighted by molar-refractivity contribution is -0.149. The molecule has 1 unspecified atom stereocenters. The van der Waals surface area contributed by atoms with Gasteiger partial charge in [0.05, 0.1) is 17.1 Å². The van der Waals surface area contributed by atoms with E-state index in [0.717, 1.165) is 5.01 Å². The van der Waals surface area contributed by atoms with Crippen molar-refractivity contribution >= 4 is 34.6 Å². The van der Waals surface area contributed by atoms with Crippen LogP contribution >= 0.6 is 22.7 Å². The van der Waals surface area contributed by atoms with Gasteiger partial charge >= 0.3 is 5.97 Å². The van der Waals surface area contributed by atoms with E-state index >= 15 is 0 Å². The van der Waals surface area contributed by atoms with E-state index in [-0.39, 0.29) is 12.3 Å². The van der Waals surface area contributed by atoms with Crippen LogP contribution in [0.1, 0.15) is 21.6 Å². The maximum Gasteiger partial charge on any atom is 0.331 e. The Bertz CT molecular complexity index is 607. The number of hydrogen-bond acceptors (Lipinski definition) is 5. The molecule has 0 spiro atoms. The summed E-state index contributed by atoms with van der Waals surface area (Å²) in [5, 5.41) is 13.8. The van der Waals surface area contributed by atoms with Crippen LogP contribution in [-0.2, 0) is 16.0 Å². The Morgan fingerprint density at radius 2 is 2.20 bits per heavy atom. The van der Waals surface area contributed by atoms with Gasteiger partial charge in [-0.1, -0.05) is 6.07 Å². The van der Waals surface area contributed by atoms with E-state index in [1.54, 1.807) is 17.5 Å². The number of carbonyl (C=O) groups excluding carboxylic acids is 1. The lowest BCUT2D eigenvalue weighted by Crippen LogP contribution is -2.36. The molecule has 2 heterocycles. The number of thiazole rings is 1. The highest BCUT2D eigenvalue weighted by molar-refractivity contribution is 7.10. The fourth-order valence-corrected chi connectivity index (χ4v) is 3.31. The molecule has 1 amide bonds. The van der Waals surface area contributed by atoms with Crippen LogP contribution in [0.2, 0.25) is 0 Å². The quantitative estimate of drug-likeness (QED) is 0.920. The molecule has 2 rings (SSSR count). The normalized spacial score (nSPS) is 12.1. The number of hydrogen-bond donors (Lipinski definition) is 1. The van der Waals surface area contributed by atoms with Gasteiger partial charge in [0, 0.05) is 17.3 Å². The van der Waals surface area contributed by atoms with Gasteiger partial charge in [-0.05, 0) is 18.4 Å². The fourth-order valence-electron chi connectivity index (χ4n) is 1.84. The summed E-state index contributed by atoms with van der Waals surface area (Å²) in [5.41, 5.74) is 0.680. The van der Waals surface area contributed by atoms with Crippen molar-refractivity contribution in [2.24, 2.45) is 0 Å². The molecule has 0 aliphatic rings. The topological polar surface area (TPSA) is 70.5 Å². The van der Waals surface area contributed by atoms with Gasteiger partial charge in [0.15, 0.2) is 6.04 Å². The summed E-state index contributed by atoms with van der Waals surface area (Å²) in [6, 6.07) is 2.56. The molecule has 2 aromatic heterocycles. The molecule has 0 aliphatic heterocycles. The molecule has 0 radical (unpaired) electrons. The number of likely N-dealkylation sites (N-methyl/N-ethyl adjacent to an activating group) is 1. The van der Waals surface area contributed by atoms with Gasteiger partial charge in [-0.25, -0.2) is 9.78 Å². The van der Waals surface area contributed by atoms with Gasteiger partial charge in [-0.3, -0.25) is 4.79 Å². The van der Waals surface area contributed by atoms with Gasteiger partial charge in [-0.15, -0.1) is 22.7 Å². The van der Waals surface area contributed by atoms with Crippen LogP contribution in [0.4, 0.5) is 0 Å². The molecule has 7 heteroatoms. The second kappa shape index (κ2) is 6.15. The van der Waals surface area contributed by atoms with Gasteiger partial charge in [0.1, 0.15) is 0 Å². The number of aliphatic carboxylic acids is 1. The van der Waals surface area contributed by atoms with Gasteiger partial charge in [0.2, 0.25) is 5.91 Å². The molecule has 0 saturated heterocycles. The van der Waals surface area contributed by atoms with Crippen LogP contribution in [0, 0.1) is 6.92 Å². The Kier molecular flexibility index (Phi) is 4.51. The highest BCUT2D eigenvalue weighted by Crippen LogP contribution is 2.25. The van der Waals surface area contributed by atoms with Crippen LogP contribution in [0.25, 0.3) is 0 Å². The van der Waals surface area contributed by atoms with E-state index in [2.05, 4.69) is 4.98 Å². The number of nitrogens with zero attached hydrogens (tertiary/aromatic N) is 2. The minimum absolute atomic E-state index is 0.121. The first kappa shape index (κ1) is 14.7. The summed E-state index contributed by atoms with van der Waals surface area (Å²) >= 11 is 2.80. The van der Waals surface area contributed by atoms with Crippen LogP contribution in [0.15, 0.2) is 22.9 Å². The van der Waals surface area contributed by atoms with E-state index in [1.807, 2.05) is 12.3 Å². The zero-order valence-electron chi connectivity index (χ0n) is 11.1. The molecule has 1 atom stereocenters. The smallest absolute Gasteiger partial charge is 0.331 e. The molecule has 5 nitrogen and oxygen atoms in total. The first-order valence-electron chi connectivity index (χ1n) is 5.92. The van der Waals surface area contributed by atoms with Crippen LogP contribution in [0.3, 0.4) is 0 Å². The second-order valence-corrected chi connectivity index (χ2v) is 6.34. The third-order valence-corrected chi connectivity index (χ3v) is 4.57. The summed E-state index contributed by atoms with van der Waals surface area (Å²) in [6.45, 7) is 1.87. The molecular formula is C13H14N2O3S2. The number of aromatic nitrogens is 1. The number of amides is 1. The van der Waals surface area contributed by atoms with E-state index in [1.165, 1.54) is 34.6 Å². The van der Waals surface area contributed by atoms with E-state index in [9.17, 15) is 14.7 Å². The van der Waals surface area contributed by atoms with Gasteiger partial charge < -0.3 is 10.0 Å². The van der Waals surface area contributed by atoms with Crippen molar-refractivity contribution in [3.63, 3.8) is 0 Å². The standard InChI is InChI=1S/C13H14N2O3S2/c1-8-14-9(7-20-8)6-11(16)15(2)12(13(17)18)10-4-3-5-19-10/h3-5,7,12H,6H2,1-2H3,(H,17,18). The molecule has 0 aliphatic carbocycles. The lowest BCUT2D eigenvalue weighted by Gasteiger charge is -2.23. The highest BCUT2D eigenvalue weighted by Gasteiger charge is 2.29. The Hall–Kier alpha value is -1.73. The highest BCUT2D eigenvalue weighted by atomic mass is 32.1. The minimum atomic E-state index is -1.03. The van der Waals surface area contributed by atoms with Crippen molar-refractivity contribution in [3.8, 4) is 0 Å². The van der Waals surface area contributed by atoms with Crippen molar-refractivity contribution in [2.45, 2.75) is 19.4 Å². The number of carbonyl (C=O) groups is 2. The third kappa shape index (κ3) is 3.23. The van der Waals surface area contributed by atoms with Crippen molar-refractivity contribution in [2.75, 3.05) is 7.05 Å². The van der Waals surface area contributed by atoms with Gasteiger partial charge in [-0.2, -0.15) is 0 Å². The molecule has 106 valence electrons. The maximum atomic E-state index is 12.2. The summed E-state index contributed by atoms with van der Waals surface area (Å²) < 4.78 is 0. The van der Waals surface area contributed by atoms with Crippen molar-refractivity contribution in [1.29, 1.82) is 0 Å². The molecule has 20 heavy (non-hydrogen) atoms. The van der Waals surface area contributed by atoms with E-state index in [4.69, 9.17) is 0 Å². The Morgan fingerprint density at radius 3 is 2.70 bits per heavy atom. The first-order chi connectivity index (χ1) is 9.49. The number of rotatable bonds is 5. The molecule has 0 saturated carbocycles. The number of carboxylic acid groups (broad SMARTS) is 1. The van der Waals surface area contributed by atoms with Crippen molar-refractivity contribution in [1.82, 2.24) is 9.88 Å². The average molecular weight is 310 g/mol. The molecule has 2 aromatic rings. The summed E-state index contributed by atoms with van der Waals surface area (Å²) in [7, 11) is 1.51. The van der Waals surface area contributed by atoms with Gasteiger partial charge in [0.25, 0.3) is 0 Å². The summed E-state index contributed by atoms with van der Waals surface area (Å²) in [4.78, 5) is 29.7. The van der Waals surface area contributed by atoms with Crippen LogP contribution < -0.4 is 0 Å². The molecular weight excluding hydrogens is 296 g/mol. The Labute approximate surface area is 124 Å². The Morgan fingerprint density at radius 1 is 1.45 bits per heavy atom. The first-order valence-corrected chi connectivity index (χ1v) is 7.68. The molecule has 1 N–H and O–H groups in total. The predicted molar refractivity (Wildman–Crippen MR) is 78.0 cm³/mol. The van der Waals surface area contributed by atoms with E-state index in [0.29, 0.717) is 10.6 Å². The zero-order chi connectivity index (χ0) is 14.7. The molecule has 0 aromatic carbocycles. The van der Waals surface area contributed by atoms with Crippen molar-refractivity contribution in [3.05, 3.63) is 38.5 Å². The average Bonchev–Trinajstić information content (AvgIpc) is 3.01. The lowest BCUT2D eigenvalue weighted by atomic mass is 10.2. The number of aryl methyl sites for hydroxylation is 1. The minimum Gasteiger partial charge on any atom is -0.479 e. The fraction of sp³-hybridized carbons (Fsp3) is 0.308. The monoisotopic (exact) mass is 310 g/mol. The van der Waals surface area contributed by atoms with Crippen LogP contribution in [0.5, 0.6) is 0 Å². The molecule has 0 bridgehead atoms. The second-order valence-electron chi connectivity index (χ2n) is 4.30. The molecule has 0 fully saturated rings. The largest absolute Gasteiger partial charge is 0.479 e. The summed E-state index contributed by atoms with van der Waals surface area (Å²) in [6.07, 6.45) is 0.121. The van der Waals surface area contributed by atoms with Crippen LogP contribution in [-0.4, -0.2) is 33.9 Å². The Balaban J connectivity index is 2.13. The number of thiophene rings is 1. The summed E-state index contributed by atoms with van der Waals surface area (Å²) in [5.74, 6) is -1.28. The maximum absolute atomic E-state index is 12.2. The zero-order valence-corrected chi connectivity index (χ0v) is 12.7.